The molecule has 1 amide bonds. The predicted molar refractivity (Wildman–Crippen MR) is 126 cm³/mol. The molecule has 2 aliphatic carbocycles. The van der Waals surface area contributed by atoms with Crippen molar-refractivity contribution in [1.29, 1.82) is 0 Å². The summed E-state index contributed by atoms with van der Waals surface area (Å²) in [7, 11) is -3.34. The minimum Gasteiger partial charge on any atom is -0.481 e. The highest BCUT2D eigenvalue weighted by atomic mass is 32.2. The number of carbonyl (C=O) groups is 2. The third kappa shape index (κ3) is 6.12. The number of aliphatic carboxylic acids is 1. The minimum absolute atomic E-state index is 0.0206. The van der Waals surface area contributed by atoms with Gasteiger partial charge in [-0.1, -0.05) is 28.6 Å². The van der Waals surface area contributed by atoms with Crippen molar-refractivity contribution in [2.45, 2.75) is 59.0 Å². The lowest BCUT2D eigenvalue weighted by molar-refractivity contribution is -0.133. The van der Waals surface area contributed by atoms with Gasteiger partial charge < -0.3 is 9.94 Å². The molecule has 2 N–H and O–H groups in total. The zero-order chi connectivity index (χ0) is 23.4. The van der Waals surface area contributed by atoms with Gasteiger partial charge in [-0.25, -0.2) is 13.4 Å². The van der Waals surface area contributed by atoms with Crippen molar-refractivity contribution in [2.24, 2.45) is 5.16 Å². The number of sulfone groups is 1. The molecule has 0 unspecified atom stereocenters. The van der Waals surface area contributed by atoms with Gasteiger partial charge in [0.15, 0.2) is 20.7 Å². The lowest BCUT2D eigenvalue weighted by Gasteiger charge is -2.11. The Hall–Kier alpha value is -2.44. The Morgan fingerprint density at radius 3 is 2.52 bits per heavy atom. The van der Waals surface area contributed by atoms with Crippen LogP contribution in [0.5, 0.6) is 0 Å². The zero-order valence-corrected chi connectivity index (χ0v) is 20.0. The number of benzene rings is 1. The van der Waals surface area contributed by atoms with Gasteiger partial charge in [-0.15, -0.1) is 11.8 Å². The first kappa shape index (κ1) is 23.7. The van der Waals surface area contributed by atoms with Crippen molar-refractivity contribution >= 4 is 55.7 Å². The third-order valence-corrected chi connectivity index (χ3v) is 9.64. The average molecular weight is 510 g/mol. The lowest BCUT2D eigenvalue weighted by atomic mass is 10.1. The van der Waals surface area contributed by atoms with Gasteiger partial charge in [0.1, 0.15) is 6.10 Å². The smallest absolute Gasteiger partial charge is 0.313 e. The summed E-state index contributed by atoms with van der Waals surface area (Å²) in [6.45, 7) is 0. The summed E-state index contributed by atoms with van der Waals surface area (Å²) in [5.41, 5.74) is 0.449. The molecule has 4 rings (SSSR count). The van der Waals surface area contributed by atoms with Crippen LogP contribution in [0.15, 0.2) is 44.7 Å². The second-order valence-corrected chi connectivity index (χ2v) is 12.4. The Kier molecular flexibility index (Phi) is 7.35. The maximum Gasteiger partial charge on any atom is 0.313 e. The Bertz CT molecular complexity index is 1150. The Labute approximate surface area is 199 Å². The van der Waals surface area contributed by atoms with E-state index in [-0.39, 0.29) is 27.7 Å². The van der Waals surface area contributed by atoms with Crippen molar-refractivity contribution < 1.29 is 28.0 Å². The van der Waals surface area contributed by atoms with Gasteiger partial charge in [0, 0.05) is 5.56 Å². The molecule has 2 saturated carbocycles. The monoisotopic (exact) mass is 509 g/mol. The van der Waals surface area contributed by atoms with Gasteiger partial charge in [0.25, 0.3) is 5.91 Å². The quantitative estimate of drug-likeness (QED) is 0.282. The molecule has 12 heteroatoms. The molecule has 1 aromatic carbocycles. The van der Waals surface area contributed by atoms with Crippen molar-refractivity contribution in [1.82, 2.24) is 4.98 Å². The van der Waals surface area contributed by atoms with Crippen LogP contribution in [0.4, 0.5) is 5.13 Å². The van der Waals surface area contributed by atoms with Crippen LogP contribution in [0.1, 0.15) is 44.1 Å². The van der Waals surface area contributed by atoms with Gasteiger partial charge >= 0.3 is 5.97 Å². The number of nitrogens with zero attached hydrogens (tertiary/aromatic N) is 2. The minimum atomic E-state index is -3.34. The molecule has 1 heterocycles. The Balaban J connectivity index is 1.52. The number of amides is 1. The third-order valence-electron chi connectivity index (χ3n) is 5.27. The van der Waals surface area contributed by atoms with Gasteiger partial charge in [-0.2, -0.15) is 0 Å². The first-order chi connectivity index (χ1) is 15.8. The first-order valence-electron chi connectivity index (χ1n) is 10.5. The normalized spacial score (nSPS) is 17.2. The van der Waals surface area contributed by atoms with E-state index < -0.39 is 21.7 Å². The van der Waals surface area contributed by atoms with Crippen molar-refractivity contribution in [3.63, 3.8) is 0 Å². The summed E-state index contributed by atoms with van der Waals surface area (Å²) in [6.07, 6.45) is 6.63. The molecule has 2 fully saturated rings. The number of anilines is 1. The number of carboxylic acid groups (broad SMARTS) is 1. The van der Waals surface area contributed by atoms with Crippen molar-refractivity contribution in [3.05, 3.63) is 36.0 Å². The maximum absolute atomic E-state index is 13.0. The molecule has 0 bridgehead atoms. The Morgan fingerprint density at radius 1 is 1.18 bits per heavy atom. The number of hydrogen-bond acceptors (Lipinski definition) is 9. The van der Waals surface area contributed by atoms with Gasteiger partial charge in [-0.3, -0.25) is 14.9 Å². The number of aromatic nitrogens is 1. The summed E-state index contributed by atoms with van der Waals surface area (Å²) in [6, 6.07) is 6.10. The van der Waals surface area contributed by atoms with Crippen LogP contribution in [0.25, 0.3) is 0 Å². The van der Waals surface area contributed by atoms with E-state index in [2.05, 4.69) is 15.5 Å². The second-order valence-electron chi connectivity index (χ2n) is 7.84. The first-order valence-corrected chi connectivity index (χ1v) is 13.9. The molecular formula is C21H23N3O6S3. The van der Waals surface area contributed by atoms with E-state index in [1.54, 1.807) is 12.1 Å². The summed E-state index contributed by atoms with van der Waals surface area (Å²) in [5.74, 6) is -1.59. The summed E-state index contributed by atoms with van der Waals surface area (Å²) >= 11 is 2.27. The van der Waals surface area contributed by atoms with Crippen LogP contribution in [0.2, 0.25) is 0 Å². The van der Waals surface area contributed by atoms with Gasteiger partial charge in [0.05, 0.1) is 26.3 Å². The predicted octanol–water partition coefficient (Wildman–Crippen LogP) is 3.56. The molecule has 9 nitrogen and oxygen atoms in total. The topological polar surface area (TPSA) is 135 Å². The van der Waals surface area contributed by atoms with E-state index in [0.717, 1.165) is 48.8 Å². The molecule has 0 spiro atoms. The molecule has 2 aromatic rings. The largest absolute Gasteiger partial charge is 0.481 e. The van der Waals surface area contributed by atoms with Crippen LogP contribution in [0, 0.1) is 0 Å². The van der Waals surface area contributed by atoms with E-state index in [9.17, 15) is 18.0 Å². The van der Waals surface area contributed by atoms with Gasteiger partial charge in [0.2, 0.25) is 0 Å². The number of oxime groups is 1. The van der Waals surface area contributed by atoms with Crippen molar-refractivity contribution in [3.8, 4) is 0 Å². The Morgan fingerprint density at radius 2 is 1.88 bits per heavy atom. The number of carboxylic acids is 1. The van der Waals surface area contributed by atoms with Crippen LogP contribution in [0.3, 0.4) is 0 Å². The fourth-order valence-corrected chi connectivity index (χ4v) is 6.64. The second kappa shape index (κ2) is 10.2. The zero-order valence-electron chi connectivity index (χ0n) is 17.6. The lowest BCUT2D eigenvalue weighted by Crippen LogP contribution is -2.25. The standard InChI is InChI=1S/C21H23N3O6S3/c25-17(26)12-31-18-11-22-21(32-18)23-20(27)19(24-30-14-3-1-2-4-14)13-5-7-15(8-6-13)33(28,29)16-9-10-16/h5-8,11,14,16H,1-4,9-10,12H2,(H,25,26)(H,22,23,27)/b24-19+. The molecule has 0 aliphatic heterocycles. The summed E-state index contributed by atoms with van der Waals surface area (Å²) < 4.78 is 25.6. The highest BCUT2D eigenvalue weighted by molar-refractivity contribution is 8.01. The number of rotatable bonds is 10. The number of carbonyl (C=O) groups excluding carboxylic acids is 1. The number of nitrogens with one attached hydrogen (secondary N) is 1. The fraction of sp³-hybridized carbons (Fsp3) is 0.429. The molecule has 0 saturated heterocycles. The summed E-state index contributed by atoms with van der Waals surface area (Å²) in [4.78, 5) is 33.7. The van der Waals surface area contributed by atoms with Crippen LogP contribution < -0.4 is 5.32 Å². The number of thioether (sulfide) groups is 1. The van der Waals surface area contributed by atoms with Crippen LogP contribution in [-0.4, -0.2) is 53.2 Å². The molecule has 1 aromatic heterocycles. The molecule has 33 heavy (non-hydrogen) atoms. The molecular weight excluding hydrogens is 486 g/mol. The number of hydrogen-bond donors (Lipinski definition) is 2. The van der Waals surface area contributed by atoms with E-state index >= 15 is 0 Å². The highest BCUT2D eigenvalue weighted by Gasteiger charge is 2.36. The molecule has 0 radical (unpaired) electrons. The molecule has 0 atom stereocenters. The van der Waals surface area contributed by atoms with Crippen molar-refractivity contribution in [2.75, 3.05) is 11.1 Å². The SMILES string of the molecule is O=C(O)CSc1cnc(NC(=O)/C(=N/OC2CCCC2)c2ccc(S(=O)(=O)C3CC3)cc2)s1. The van der Waals surface area contributed by atoms with E-state index in [0.29, 0.717) is 27.7 Å². The van der Waals surface area contributed by atoms with Crippen LogP contribution >= 0.6 is 23.1 Å². The van der Waals surface area contributed by atoms with Gasteiger partial charge in [-0.05, 0) is 50.7 Å². The maximum atomic E-state index is 13.0. The van der Waals surface area contributed by atoms with E-state index in [1.165, 1.54) is 18.3 Å². The van der Waals surface area contributed by atoms with Crippen LogP contribution in [-0.2, 0) is 24.3 Å². The van der Waals surface area contributed by atoms with E-state index in [4.69, 9.17) is 9.94 Å². The highest BCUT2D eigenvalue weighted by Crippen LogP contribution is 2.33. The average Bonchev–Trinajstić information content (AvgIpc) is 3.36. The van der Waals surface area contributed by atoms with E-state index in [1.807, 2.05) is 0 Å². The molecule has 176 valence electrons. The summed E-state index contributed by atoms with van der Waals surface area (Å²) in [5, 5.41) is 15.6. The number of thiazole rings is 1. The molecule has 2 aliphatic rings. The fourth-order valence-electron chi connectivity index (χ4n) is 3.39.